The molecule has 0 radical (unpaired) electrons. The zero-order valence-electron chi connectivity index (χ0n) is 8.31. The Bertz CT molecular complexity index is 122. The molecule has 0 heterocycles. The minimum Gasteiger partial charge on any atom is -0.305 e. The number of hydrogen-bond donors (Lipinski definition) is 1. The molecule has 0 aromatic heterocycles. The maximum Gasteiger partial charge on any atom is 0.0464 e. The van der Waals surface area contributed by atoms with E-state index in [1.54, 1.807) is 0 Å². The second-order valence-corrected chi connectivity index (χ2v) is 4.03. The standard InChI is InChI=1S/C9H20N2/c1-6-8(2)7-10-11-9(3,4)5/h7-8,11H,6H2,1-5H3/b10-7+. The van der Waals surface area contributed by atoms with Crippen LogP contribution in [-0.2, 0) is 0 Å². The fourth-order valence-corrected chi connectivity index (χ4v) is 0.464. The van der Waals surface area contributed by atoms with E-state index >= 15 is 0 Å². The molecule has 0 aromatic carbocycles. The molecule has 66 valence electrons. The van der Waals surface area contributed by atoms with Crippen molar-refractivity contribution in [2.24, 2.45) is 11.0 Å². The Balaban J connectivity index is 3.60. The first-order valence-electron chi connectivity index (χ1n) is 4.26. The molecule has 1 unspecified atom stereocenters. The number of hydrazone groups is 1. The zero-order chi connectivity index (χ0) is 8.91. The van der Waals surface area contributed by atoms with Crippen LogP contribution in [0.5, 0.6) is 0 Å². The Kier molecular flexibility index (Phi) is 4.16. The normalized spacial score (nSPS) is 15.4. The Morgan fingerprint density at radius 1 is 1.45 bits per heavy atom. The summed E-state index contributed by atoms with van der Waals surface area (Å²) in [6.07, 6.45) is 3.11. The van der Waals surface area contributed by atoms with E-state index in [4.69, 9.17) is 0 Å². The predicted octanol–water partition coefficient (Wildman–Crippen LogP) is 2.41. The molecule has 0 spiro atoms. The topological polar surface area (TPSA) is 24.4 Å². The van der Waals surface area contributed by atoms with E-state index in [9.17, 15) is 0 Å². The molecule has 1 N–H and O–H groups in total. The molecule has 0 rings (SSSR count). The molecule has 11 heavy (non-hydrogen) atoms. The molecule has 0 bridgehead atoms. The Labute approximate surface area is 70.1 Å². The summed E-state index contributed by atoms with van der Waals surface area (Å²) in [5.74, 6) is 0.574. The van der Waals surface area contributed by atoms with Gasteiger partial charge in [-0.15, -0.1) is 0 Å². The minimum atomic E-state index is 0.0873. The van der Waals surface area contributed by atoms with Gasteiger partial charge in [0.2, 0.25) is 0 Å². The van der Waals surface area contributed by atoms with Gasteiger partial charge >= 0.3 is 0 Å². The lowest BCUT2D eigenvalue weighted by atomic mass is 10.1. The predicted molar refractivity (Wildman–Crippen MR) is 50.8 cm³/mol. The van der Waals surface area contributed by atoms with E-state index < -0.39 is 0 Å². The maximum atomic E-state index is 4.14. The van der Waals surface area contributed by atoms with E-state index in [2.05, 4.69) is 45.1 Å². The van der Waals surface area contributed by atoms with Crippen LogP contribution in [0, 0.1) is 5.92 Å². The van der Waals surface area contributed by atoms with Crippen molar-refractivity contribution < 1.29 is 0 Å². The molecule has 0 fully saturated rings. The highest BCUT2D eigenvalue weighted by molar-refractivity contribution is 5.59. The molecular weight excluding hydrogens is 136 g/mol. The van der Waals surface area contributed by atoms with Gasteiger partial charge in [0.05, 0.1) is 0 Å². The van der Waals surface area contributed by atoms with E-state index in [0.29, 0.717) is 5.92 Å². The molecule has 0 saturated carbocycles. The summed E-state index contributed by atoms with van der Waals surface area (Å²) in [6, 6.07) is 0. The lowest BCUT2D eigenvalue weighted by molar-refractivity contribution is 0.440. The van der Waals surface area contributed by atoms with Gasteiger partial charge in [0.15, 0.2) is 0 Å². The molecule has 1 atom stereocenters. The average Bonchev–Trinajstić information content (AvgIpc) is 1.85. The SMILES string of the molecule is CCC(C)/C=N/NC(C)(C)C. The fourth-order valence-electron chi connectivity index (χ4n) is 0.464. The van der Waals surface area contributed by atoms with Crippen molar-refractivity contribution in [2.75, 3.05) is 0 Å². The second kappa shape index (κ2) is 4.37. The lowest BCUT2D eigenvalue weighted by Crippen LogP contribution is -2.31. The van der Waals surface area contributed by atoms with Gasteiger partial charge in [-0.1, -0.05) is 13.8 Å². The van der Waals surface area contributed by atoms with Gasteiger partial charge in [0, 0.05) is 11.8 Å². The van der Waals surface area contributed by atoms with Crippen molar-refractivity contribution in [3.05, 3.63) is 0 Å². The van der Waals surface area contributed by atoms with Crippen molar-refractivity contribution in [2.45, 2.75) is 46.6 Å². The first kappa shape index (κ1) is 10.5. The molecule has 0 aliphatic heterocycles. The van der Waals surface area contributed by atoms with E-state index in [-0.39, 0.29) is 5.54 Å². The molecule has 0 aliphatic carbocycles. The van der Waals surface area contributed by atoms with E-state index in [0.717, 1.165) is 6.42 Å². The third kappa shape index (κ3) is 7.37. The van der Waals surface area contributed by atoms with Crippen molar-refractivity contribution in [3.8, 4) is 0 Å². The van der Waals surface area contributed by atoms with E-state index in [1.807, 2.05) is 6.21 Å². The van der Waals surface area contributed by atoms with Crippen LogP contribution in [0.1, 0.15) is 41.0 Å². The number of rotatable bonds is 3. The van der Waals surface area contributed by atoms with Crippen LogP contribution in [0.2, 0.25) is 0 Å². The lowest BCUT2D eigenvalue weighted by Gasteiger charge is -2.17. The van der Waals surface area contributed by atoms with E-state index in [1.165, 1.54) is 0 Å². The highest BCUT2D eigenvalue weighted by Gasteiger charge is 2.05. The molecule has 0 aliphatic rings. The summed E-state index contributed by atoms with van der Waals surface area (Å²) in [7, 11) is 0. The van der Waals surface area contributed by atoms with Crippen LogP contribution in [-0.4, -0.2) is 11.8 Å². The van der Waals surface area contributed by atoms with Crippen LogP contribution in [0.3, 0.4) is 0 Å². The summed E-state index contributed by atoms with van der Waals surface area (Å²) < 4.78 is 0. The van der Waals surface area contributed by atoms with Gasteiger partial charge in [-0.05, 0) is 33.1 Å². The third-order valence-corrected chi connectivity index (χ3v) is 1.37. The largest absolute Gasteiger partial charge is 0.305 e. The highest BCUT2D eigenvalue weighted by atomic mass is 15.3. The van der Waals surface area contributed by atoms with Gasteiger partial charge in [0.1, 0.15) is 0 Å². The molecule has 0 saturated heterocycles. The summed E-state index contributed by atoms with van der Waals surface area (Å²) in [6.45, 7) is 10.6. The van der Waals surface area contributed by atoms with Crippen LogP contribution >= 0.6 is 0 Å². The summed E-state index contributed by atoms with van der Waals surface area (Å²) >= 11 is 0. The first-order chi connectivity index (χ1) is 4.95. The molecule has 2 nitrogen and oxygen atoms in total. The molecule has 2 heteroatoms. The number of hydrogen-bond acceptors (Lipinski definition) is 2. The van der Waals surface area contributed by atoms with Crippen molar-refractivity contribution in [3.63, 3.8) is 0 Å². The van der Waals surface area contributed by atoms with Gasteiger partial charge in [-0.3, -0.25) is 0 Å². The second-order valence-electron chi connectivity index (χ2n) is 4.03. The Morgan fingerprint density at radius 3 is 2.36 bits per heavy atom. The Hall–Kier alpha value is -0.530. The van der Waals surface area contributed by atoms with Gasteiger partial charge in [-0.2, -0.15) is 5.10 Å². The van der Waals surface area contributed by atoms with Gasteiger partial charge in [-0.25, -0.2) is 0 Å². The van der Waals surface area contributed by atoms with Crippen molar-refractivity contribution >= 4 is 6.21 Å². The summed E-state index contributed by atoms with van der Waals surface area (Å²) in [4.78, 5) is 0. The fraction of sp³-hybridized carbons (Fsp3) is 0.889. The van der Waals surface area contributed by atoms with Crippen LogP contribution in [0.15, 0.2) is 5.10 Å². The van der Waals surface area contributed by atoms with Crippen LogP contribution < -0.4 is 5.43 Å². The van der Waals surface area contributed by atoms with Gasteiger partial charge < -0.3 is 5.43 Å². The quantitative estimate of drug-likeness (QED) is 0.492. The molecule has 0 aromatic rings. The summed E-state index contributed by atoms with van der Waals surface area (Å²) in [5.41, 5.74) is 3.14. The highest BCUT2D eigenvalue weighted by Crippen LogP contribution is 1.99. The smallest absolute Gasteiger partial charge is 0.0464 e. The zero-order valence-corrected chi connectivity index (χ0v) is 8.31. The monoisotopic (exact) mass is 156 g/mol. The first-order valence-corrected chi connectivity index (χ1v) is 4.26. The third-order valence-electron chi connectivity index (χ3n) is 1.37. The number of nitrogens with one attached hydrogen (secondary N) is 1. The molecular formula is C9H20N2. The Morgan fingerprint density at radius 2 is 2.00 bits per heavy atom. The van der Waals surface area contributed by atoms with Gasteiger partial charge in [0.25, 0.3) is 0 Å². The minimum absolute atomic E-state index is 0.0873. The van der Waals surface area contributed by atoms with Crippen LogP contribution in [0.4, 0.5) is 0 Å². The maximum absolute atomic E-state index is 4.14. The average molecular weight is 156 g/mol. The van der Waals surface area contributed by atoms with Crippen molar-refractivity contribution in [1.82, 2.24) is 5.43 Å². The summed E-state index contributed by atoms with van der Waals surface area (Å²) in [5, 5.41) is 4.14. The van der Waals surface area contributed by atoms with Crippen LogP contribution in [0.25, 0.3) is 0 Å². The van der Waals surface area contributed by atoms with Crippen molar-refractivity contribution in [1.29, 1.82) is 0 Å². The number of nitrogens with zero attached hydrogens (tertiary/aromatic N) is 1. The molecule has 0 amide bonds.